The number of rotatable bonds is 20. The van der Waals surface area contributed by atoms with Crippen LogP contribution in [-0.2, 0) is 9.47 Å². The lowest BCUT2D eigenvalue weighted by Gasteiger charge is -2.37. The molecule has 1 rings (SSSR count). The van der Waals surface area contributed by atoms with Gasteiger partial charge in [0, 0.05) is 6.61 Å². The summed E-state index contributed by atoms with van der Waals surface area (Å²) in [5, 5.41) is 29.0. The zero-order chi connectivity index (χ0) is 22.6. The highest BCUT2D eigenvalue weighted by Crippen LogP contribution is 2.19. The molecule has 0 radical (unpaired) electrons. The van der Waals surface area contributed by atoms with Crippen molar-refractivity contribution in [3.63, 3.8) is 0 Å². The Balaban J connectivity index is 1.81. The first kappa shape index (κ1) is 28.6. The molecule has 5 heteroatoms. The van der Waals surface area contributed by atoms with E-state index in [0.717, 1.165) is 19.3 Å². The monoisotopic (exact) mass is 442 g/mol. The maximum atomic E-state index is 10.0. The molecule has 0 aromatic rings. The van der Waals surface area contributed by atoms with Crippen molar-refractivity contribution < 1.29 is 24.8 Å². The van der Waals surface area contributed by atoms with Gasteiger partial charge in [0.15, 0.2) is 0 Å². The molecular weight excluding hydrogens is 392 g/mol. The lowest BCUT2D eigenvalue weighted by atomic mass is 10.0. The Morgan fingerprint density at radius 3 is 1.81 bits per heavy atom. The Morgan fingerprint density at radius 1 is 0.774 bits per heavy atom. The van der Waals surface area contributed by atoms with Crippen molar-refractivity contribution in [2.75, 3.05) is 19.8 Å². The molecule has 5 nitrogen and oxygen atoms in total. The number of allylic oxidation sites excluding steroid dienone is 2. The molecule has 0 saturated carbocycles. The van der Waals surface area contributed by atoms with E-state index in [1.807, 2.05) is 0 Å². The standard InChI is InChI=1S/C26H50O5/c1-2-3-4-5-6-7-8-9-10-11-12-13-14-15-16-17-18-19-20-30-26-24(21-27)31-22-23(28)25(26)29/h3-4,23-29H,2,5-22H2,1H3/b4-3+/t23-,24+,25+,26+/m1/s1. The lowest BCUT2D eigenvalue weighted by Crippen LogP contribution is -2.55. The van der Waals surface area contributed by atoms with E-state index >= 15 is 0 Å². The van der Waals surface area contributed by atoms with Crippen LogP contribution in [0.4, 0.5) is 0 Å². The minimum Gasteiger partial charge on any atom is -0.394 e. The Morgan fingerprint density at radius 2 is 1.29 bits per heavy atom. The summed E-state index contributed by atoms with van der Waals surface area (Å²) < 4.78 is 11.0. The van der Waals surface area contributed by atoms with Crippen LogP contribution in [0.3, 0.4) is 0 Å². The molecule has 31 heavy (non-hydrogen) atoms. The van der Waals surface area contributed by atoms with Crippen molar-refractivity contribution in [2.45, 2.75) is 134 Å². The SMILES string of the molecule is CC/C=C/CCCCCCCCCCCCCCCCO[C@@H]1[C@@H](O)[C@H](O)CO[C@H]1CO. The molecular formula is C26H50O5. The smallest absolute Gasteiger partial charge is 0.114 e. The molecule has 184 valence electrons. The van der Waals surface area contributed by atoms with Crippen LogP contribution in [0.15, 0.2) is 12.2 Å². The number of aliphatic hydroxyl groups excluding tert-OH is 3. The van der Waals surface area contributed by atoms with E-state index in [-0.39, 0.29) is 13.2 Å². The van der Waals surface area contributed by atoms with Crippen LogP contribution in [0.2, 0.25) is 0 Å². The highest BCUT2D eigenvalue weighted by Gasteiger charge is 2.39. The van der Waals surface area contributed by atoms with Crippen LogP contribution in [0, 0.1) is 0 Å². The molecule has 1 heterocycles. The molecule has 0 aliphatic carbocycles. The average Bonchev–Trinajstić information content (AvgIpc) is 2.78. The highest BCUT2D eigenvalue weighted by atomic mass is 16.6. The molecule has 0 aromatic heterocycles. The predicted molar refractivity (Wildman–Crippen MR) is 127 cm³/mol. The van der Waals surface area contributed by atoms with Gasteiger partial charge in [-0.05, 0) is 25.7 Å². The van der Waals surface area contributed by atoms with Gasteiger partial charge in [-0.15, -0.1) is 0 Å². The van der Waals surface area contributed by atoms with Crippen LogP contribution >= 0.6 is 0 Å². The quantitative estimate of drug-likeness (QED) is 0.176. The fourth-order valence-corrected chi connectivity index (χ4v) is 4.21. The van der Waals surface area contributed by atoms with E-state index in [4.69, 9.17) is 9.47 Å². The maximum absolute atomic E-state index is 10.0. The molecule has 0 bridgehead atoms. The van der Waals surface area contributed by atoms with Crippen LogP contribution in [0.5, 0.6) is 0 Å². The third kappa shape index (κ3) is 14.3. The van der Waals surface area contributed by atoms with E-state index in [1.54, 1.807) is 0 Å². The topological polar surface area (TPSA) is 79.2 Å². The van der Waals surface area contributed by atoms with E-state index < -0.39 is 24.4 Å². The molecule has 3 N–H and O–H groups in total. The van der Waals surface area contributed by atoms with Crippen molar-refractivity contribution in [3.05, 3.63) is 12.2 Å². The van der Waals surface area contributed by atoms with Gasteiger partial charge in [-0.3, -0.25) is 0 Å². The van der Waals surface area contributed by atoms with E-state index in [0.29, 0.717) is 6.61 Å². The van der Waals surface area contributed by atoms with Gasteiger partial charge in [0.2, 0.25) is 0 Å². The maximum Gasteiger partial charge on any atom is 0.114 e. The van der Waals surface area contributed by atoms with Crippen molar-refractivity contribution in [2.24, 2.45) is 0 Å². The third-order valence-electron chi connectivity index (χ3n) is 6.24. The summed E-state index contributed by atoms with van der Waals surface area (Å²) in [5.41, 5.74) is 0. The van der Waals surface area contributed by atoms with Crippen molar-refractivity contribution in [1.82, 2.24) is 0 Å². The Kier molecular flexibility index (Phi) is 18.6. The summed E-state index contributed by atoms with van der Waals surface area (Å²) in [6, 6.07) is 0. The number of aliphatic hydroxyl groups is 3. The molecule has 0 unspecified atom stereocenters. The zero-order valence-electron chi connectivity index (χ0n) is 20.1. The van der Waals surface area contributed by atoms with Crippen molar-refractivity contribution in [1.29, 1.82) is 0 Å². The van der Waals surface area contributed by atoms with Crippen LogP contribution in [0.25, 0.3) is 0 Å². The first-order valence-electron chi connectivity index (χ1n) is 13.1. The summed E-state index contributed by atoms with van der Waals surface area (Å²) in [6.45, 7) is 2.57. The second-order valence-electron chi connectivity index (χ2n) is 9.07. The van der Waals surface area contributed by atoms with Crippen LogP contribution in [-0.4, -0.2) is 59.6 Å². The lowest BCUT2D eigenvalue weighted by molar-refractivity contribution is -0.211. The average molecular weight is 443 g/mol. The summed E-state index contributed by atoms with van der Waals surface area (Å²) >= 11 is 0. The number of unbranched alkanes of at least 4 members (excludes halogenated alkanes) is 14. The fourth-order valence-electron chi connectivity index (χ4n) is 4.21. The summed E-state index contributed by atoms with van der Waals surface area (Å²) in [6.07, 6.45) is 22.2. The van der Waals surface area contributed by atoms with Gasteiger partial charge in [0.25, 0.3) is 0 Å². The molecule has 0 spiro atoms. The predicted octanol–water partition coefficient (Wildman–Crippen LogP) is 5.30. The Hall–Kier alpha value is -0.460. The van der Waals surface area contributed by atoms with Gasteiger partial charge in [-0.1, -0.05) is 96.1 Å². The third-order valence-corrected chi connectivity index (χ3v) is 6.24. The van der Waals surface area contributed by atoms with Gasteiger partial charge < -0.3 is 24.8 Å². The number of hydrogen-bond acceptors (Lipinski definition) is 5. The van der Waals surface area contributed by atoms with Crippen LogP contribution in [0.1, 0.15) is 110 Å². The van der Waals surface area contributed by atoms with E-state index in [1.165, 1.54) is 83.5 Å². The molecule has 1 saturated heterocycles. The highest BCUT2D eigenvalue weighted by molar-refractivity contribution is 4.87. The Bertz CT molecular complexity index is 413. The fraction of sp³-hybridized carbons (Fsp3) is 0.923. The summed E-state index contributed by atoms with van der Waals surface area (Å²) in [7, 11) is 0. The van der Waals surface area contributed by atoms with Gasteiger partial charge >= 0.3 is 0 Å². The summed E-state index contributed by atoms with van der Waals surface area (Å²) in [5.74, 6) is 0. The molecule has 1 fully saturated rings. The molecule has 4 atom stereocenters. The normalized spacial score (nSPS) is 24.3. The second-order valence-corrected chi connectivity index (χ2v) is 9.07. The first-order valence-corrected chi connectivity index (χ1v) is 13.1. The summed E-state index contributed by atoms with van der Waals surface area (Å²) in [4.78, 5) is 0. The van der Waals surface area contributed by atoms with Crippen LogP contribution < -0.4 is 0 Å². The van der Waals surface area contributed by atoms with Crippen molar-refractivity contribution in [3.8, 4) is 0 Å². The van der Waals surface area contributed by atoms with E-state index in [9.17, 15) is 15.3 Å². The second kappa shape index (κ2) is 20.2. The van der Waals surface area contributed by atoms with Gasteiger partial charge in [-0.2, -0.15) is 0 Å². The van der Waals surface area contributed by atoms with Gasteiger partial charge in [0.05, 0.1) is 13.2 Å². The minimum atomic E-state index is -0.987. The van der Waals surface area contributed by atoms with E-state index in [2.05, 4.69) is 19.1 Å². The largest absolute Gasteiger partial charge is 0.394 e. The Labute approximate surface area is 191 Å². The zero-order valence-corrected chi connectivity index (χ0v) is 20.1. The molecule has 0 aromatic carbocycles. The molecule has 1 aliphatic heterocycles. The molecule has 1 aliphatic rings. The van der Waals surface area contributed by atoms with Crippen molar-refractivity contribution >= 4 is 0 Å². The first-order chi connectivity index (χ1) is 15.2. The molecule has 0 amide bonds. The minimum absolute atomic E-state index is 0.0451. The number of ether oxygens (including phenoxy) is 2. The van der Waals surface area contributed by atoms with Gasteiger partial charge in [0.1, 0.15) is 24.4 Å². The number of hydrogen-bond donors (Lipinski definition) is 3. The van der Waals surface area contributed by atoms with Gasteiger partial charge in [-0.25, -0.2) is 0 Å².